The lowest BCUT2D eigenvalue weighted by molar-refractivity contribution is -0.154. The van der Waals surface area contributed by atoms with Crippen molar-refractivity contribution < 1.29 is 17.9 Å². The van der Waals surface area contributed by atoms with Gasteiger partial charge in [-0.15, -0.1) is 0 Å². The van der Waals surface area contributed by atoms with Gasteiger partial charge in [-0.3, -0.25) is 4.90 Å². The molecule has 1 heterocycles. The van der Waals surface area contributed by atoms with E-state index < -0.39 is 12.7 Å². The van der Waals surface area contributed by atoms with Crippen molar-refractivity contribution in [1.82, 2.24) is 10.2 Å². The molecular formula is C11H21F3N2O. The third-order valence-electron chi connectivity index (χ3n) is 2.94. The highest BCUT2D eigenvalue weighted by Crippen LogP contribution is 2.19. The molecule has 0 bridgehead atoms. The molecule has 1 fully saturated rings. The molecule has 0 aromatic rings. The average molecular weight is 254 g/mol. The Morgan fingerprint density at radius 3 is 2.29 bits per heavy atom. The van der Waals surface area contributed by atoms with Crippen LogP contribution in [0.2, 0.25) is 0 Å². The van der Waals surface area contributed by atoms with Crippen molar-refractivity contribution in [3.63, 3.8) is 0 Å². The van der Waals surface area contributed by atoms with E-state index in [1.165, 1.54) is 4.90 Å². The van der Waals surface area contributed by atoms with Crippen LogP contribution < -0.4 is 5.32 Å². The van der Waals surface area contributed by atoms with Gasteiger partial charge >= 0.3 is 6.18 Å². The molecule has 6 heteroatoms. The van der Waals surface area contributed by atoms with Crippen LogP contribution in [0.15, 0.2) is 0 Å². The summed E-state index contributed by atoms with van der Waals surface area (Å²) in [6, 6.07) is -0.132. The summed E-state index contributed by atoms with van der Waals surface area (Å²) in [6.07, 6.45) is -4.15. The quantitative estimate of drug-likeness (QED) is 0.780. The van der Waals surface area contributed by atoms with Crippen molar-refractivity contribution in [2.24, 2.45) is 0 Å². The molecule has 0 aromatic carbocycles. The first-order valence-corrected chi connectivity index (χ1v) is 5.87. The van der Waals surface area contributed by atoms with Gasteiger partial charge in [-0.25, -0.2) is 0 Å². The van der Waals surface area contributed by atoms with Crippen LogP contribution in [-0.4, -0.2) is 55.5 Å². The van der Waals surface area contributed by atoms with Gasteiger partial charge in [-0.05, 0) is 20.8 Å². The second-order valence-electron chi connectivity index (χ2n) is 5.08. The van der Waals surface area contributed by atoms with Crippen molar-refractivity contribution in [3.8, 4) is 0 Å². The predicted octanol–water partition coefficient (Wildman–Crippen LogP) is 1.64. The highest BCUT2D eigenvalue weighted by molar-refractivity contribution is 4.90. The monoisotopic (exact) mass is 254 g/mol. The Hall–Kier alpha value is -0.330. The van der Waals surface area contributed by atoms with Gasteiger partial charge in [0.15, 0.2) is 0 Å². The van der Waals surface area contributed by atoms with Gasteiger partial charge in [0.25, 0.3) is 0 Å². The third-order valence-corrected chi connectivity index (χ3v) is 2.94. The van der Waals surface area contributed by atoms with Crippen molar-refractivity contribution in [1.29, 1.82) is 0 Å². The molecule has 0 atom stereocenters. The topological polar surface area (TPSA) is 24.5 Å². The fraction of sp³-hybridized carbons (Fsp3) is 1.00. The molecule has 0 spiro atoms. The van der Waals surface area contributed by atoms with E-state index in [1.54, 1.807) is 13.8 Å². The molecule has 1 aliphatic heterocycles. The summed E-state index contributed by atoms with van der Waals surface area (Å²) in [5.41, 5.74) is -0.194. The number of nitrogens with one attached hydrogen (secondary N) is 1. The summed E-state index contributed by atoms with van der Waals surface area (Å²) in [4.78, 5) is 1.38. The van der Waals surface area contributed by atoms with Crippen molar-refractivity contribution in [2.75, 3.05) is 32.8 Å². The van der Waals surface area contributed by atoms with Gasteiger partial charge in [0.2, 0.25) is 0 Å². The van der Waals surface area contributed by atoms with Gasteiger partial charge in [-0.1, -0.05) is 0 Å². The Labute approximate surface area is 100 Å². The van der Waals surface area contributed by atoms with E-state index in [1.807, 2.05) is 6.92 Å². The van der Waals surface area contributed by atoms with E-state index in [0.717, 1.165) is 13.1 Å². The minimum atomic E-state index is -4.15. The van der Waals surface area contributed by atoms with Crippen LogP contribution in [0.3, 0.4) is 0 Å². The Morgan fingerprint density at radius 2 is 1.94 bits per heavy atom. The molecule has 17 heavy (non-hydrogen) atoms. The molecule has 1 N–H and O–H groups in total. The van der Waals surface area contributed by atoms with E-state index >= 15 is 0 Å². The SMILES string of the molecule is CC(C)N(CCOC1(C)CNC1)CC(F)(F)F. The van der Waals surface area contributed by atoms with Gasteiger partial charge in [-0.2, -0.15) is 13.2 Å². The molecule has 1 rings (SSSR count). The molecule has 0 saturated carbocycles. The molecule has 0 unspecified atom stereocenters. The van der Waals surface area contributed by atoms with E-state index in [2.05, 4.69) is 5.32 Å². The van der Waals surface area contributed by atoms with Crippen molar-refractivity contribution in [2.45, 2.75) is 38.6 Å². The maximum absolute atomic E-state index is 12.3. The standard InChI is InChI=1S/C11H21F3N2O/c1-9(2)16(8-11(12,13)14)4-5-17-10(3)6-15-7-10/h9,15H,4-8H2,1-3H3. The lowest BCUT2D eigenvalue weighted by atomic mass is 10.0. The maximum Gasteiger partial charge on any atom is 0.401 e. The minimum absolute atomic E-state index is 0.132. The Bertz CT molecular complexity index is 239. The molecule has 0 radical (unpaired) electrons. The smallest absolute Gasteiger partial charge is 0.371 e. The van der Waals surface area contributed by atoms with Crippen LogP contribution in [0.1, 0.15) is 20.8 Å². The van der Waals surface area contributed by atoms with E-state index in [4.69, 9.17) is 4.74 Å². The third kappa shape index (κ3) is 5.23. The lowest BCUT2D eigenvalue weighted by Gasteiger charge is -2.40. The highest BCUT2D eigenvalue weighted by Gasteiger charge is 2.34. The van der Waals surface area contributed by atoms with E-state index in [9.17, 15) is 13.2 Å². The number of hydrogen-bond acceptors (Lipinski definition) is 3. The molecule has 0 aromatic heterocycles. The zero-order chi connectivity index (χ0) is 13.1. The minimum Gasteiger partial charge on any atom is -0.371 e. The first-order chi connectivity index (χ1) is 7.72. The molecule has 1 saturated heterocycles. The van der Waals surface area contributed by atoms with Gasteiger partial charge in [0.05, 0.1) is 18.8 Å². The number of alkyl halides is 3. The van der Waals surface area contributed by atoms with Crippen LogP contribution >= 0.6 is 0 Å². The molecule has 3 nitrogen and oxygen atoms in total. The van der Waals surface area contributed by atoms with Gasteiger partial charge in [0, 0.05) is 25.7 Å². The fourth-order valence-electron chi connectivity index (χ4n) is 1.74. The molecule has 0 amide bonds. The number of hydrogen-bond donors (Lipinski definition) is 1. The van der Waals surface area contributed by atoms with E-state index in [0.29, 0.717) is 13.2 Å². The van der Waals surface area contributed by atoms with E-state index in [-0.39, 0.29) is 11.6 Å². The summed E-state index contributed by atoms with van der Waals surface area (Å²) in [7, 11) is 0. The Morgan fingerprint density at radius 1 is 1.35 bits per heavy atom. The van der Waals surface area contributed by atoms with Crippen LogP contribution in [-0.2, 0) is 4.74 Å². The summed E-state index contributed by atoms with van der Waals surface area (Å²) < 4.78 is 42.5. The zero-order valence-corrected chi connectivity index (χ0v) is 10.6. The molecule has 102 valence electrons. The van der Waals surface area contributed by atoms with Crippen LogP contribution in [0, 0.1) is 0 Å². The number of nitrogens with zero attached hydrogens (tertiary/aromatic N) is 1. The Kier molecular flexibility index (Phi) is 4.80. The summed E-state index contributed by atoms with van der Waals surface area (Å²) in [6.45, 7) is 6.81. The second kappa shape index (κ2) is 5.54. The van der Waals surface area contributed by atoms with Crippen LogP contribution in [0.25, 0.3) is 0 Å². The number of rotatable bonds is 6. The predicted molar refractivity (Wildman–Crippen MR) is 60.0 cm³/mol. The average Bonchev–Trinajstić information content (AvgIpc) is 2.11. The second-order valence-corrected chi connectivity index (χ2v) is 5.08. The largest absolute Gasteiger partial charge is 0.401 e. The Balaban J connectivity index is 2.29. The van der Waals surface area contributed by atoms with Crippen LogP contribution in [0.5, 0.6) is 0 Å². The number of ether oxygens (including phenoxy) is 1. The molecular weight excluding hydrogens is 233 g/mol. The molecule has 1 aliphatic rings. The number of halogens is 3. The van der Waals surface area contributed by atoms with Gasteiger partial charge < -0.3 is 10.1 Å². The normalized spacial score (nSPS) is 19.8. The molecule has 0 aliphatic carbocycles. The van der Waals surface area contributed by atoms with Crippen molar-refractivity contribution >= 4 is 0 Å². The zero-order valence-electron chi connectivity index (χ0n) is 10.6. The summed E-state index contributed by atoms with van der Waals surface area (Å²) in [5.74, 6) is 0. The lowest BCUT2D eigenvalue weighted by Crippen LogP contribution is -2.59. The first kappa shape index (κ1) is 14.7. The summed E-state index contributed by atoms with van der Waals surface area (Å²) >= 11 is 0. The van der Waals surface area contributed by atoms with Crippen molar-refractivity contribution in [3.05, 3.63) is 0 Å². The fourth-order valence-corrected chi connectivity index (χ4v) is 1.74. The maximum atomic E-state index is 12.3. The summed E-state index contributed by atoms with van der Waals surface area (Å²) in [5, 5.41) is 3.08. The first-order valence-electron chi connectivity index (χ1n) is 5.87. The van der Waals surface area contributed by atoms with Gasteiger partial charge in [0.1, 0.15) is 0 Å². The van der Waals surface area contributed by atoms with Crippen LogP contribution in [0.4, 0.5) is 13.2 Å². The highest BCUT2D eigenvalue weighted by atomic mass is 19.4.